The Kier molecular flexibility index (Phi) is 6.20. The lowest BCUT2D eigenvalue weighted by atomic mass is 10.0. The third-order valence-corrected chi connectivity index (χ3v) is 2.81. The number of hydrogen-bond donors (Lipinski definition) is 2. The number of amides is 1. The fourth-order valence-corrected chi connectivity index (χ4v) is 1.82. The first-order valence-corrected chi connectivity index (χ1v) is 6.44. The lowest BCUT2D eigenvalue weighted by Gasteiger charge is -2.12. The van der Waals surface area contributed by atoms with Gasteiger partial charge in [-0.2, -0.15) is 13.2 Å². The summed E-state index contributed by atoms with van der Waals surface area (Å²) < 4.78 is 38.2. The second-order valence-electron chi connectivity index (χ2n) is 4.53. The van der Waals surface area contributed by atoms with Crippen LogP contribution in [-0.2, 0) is 22.2 Å². The molecule has 0 aliphatic carbocycles. The van der Waals surface area contributed by atoms with Gasteiger partial charge < -0.3 is 10.4 Å². The number of benzene rings is 1. The molecule has 0 saturated carbocycles. The molecule has 0 bridgehead atoms. The monoisotopic (exact) mass is 303 g/mol. The summed E-state index contributed by atoms with van der Waals surface area (Å²) in [4.78, 5) is 21.9. The lowest BCUT2D eigenvalue weighted by molar-refractivity contribution is -0.138. The van der Waals surface area contributed by atoms with Gasteiger partial charge in [0.15, 0.2) is 0 Å². The first-order chi connectivity index (χ1) is 9.80. The quantitative estimate of drug-likeness (QED) is 0.761. The Bertz CT molecular complexity index is 500. The SMILES string of the molecule is O=C(O)CCCCNC(=O)Cc1ccccc1C(F)(F)F. The summed E-state index contributed by atoms with van der Waals surface area (Å²) in [7, 11) is 0. The van der Waals surface area contributed by atoms with Gasteiger partial charge in [-0.25, -0.2) is 0 Å². The molecule has 1 aromatic carbocycles. The predicted octanol–water partition coefficient (Wildman–Crippen LogP) is 2.62. The summed E-state index contributed by atoms with van der Waals surface area (Å²) >= 11 is 0. The second kappa shape index (κ2) is 7.66. The van der Waals surface area contributed by atoms with Crippen LogP contribution in [0.15, 0.2) is 24.3 Å². The number of carbonyl (C=O) groups excluding carboxylic acids is 1. The van der Waals surface area contributed by atoms with E-state index in [1.165, 1.54) is 18.2 Å². The molecule has 0 aliphatic heterocycles. The second-order valence-corrected chi connectivity index (χ2v) is 4.53. The maximum absolute atomic E-state index is 12.7. The van der Waals surface area contributed by atoms with Gasteiger partial charge in [0.05, 0.1) is 12.0 Å². The van der Waals surface area contributed by atoms with Gasteiger partial charge in [-0.05, 0) is 24.5 Å². The Labute approximate surface area is 120 Å². The van der Waals surface area contributed by atoms with Crippen molar-refractivity contribution in [2.45, 2.75) is 31.9 Å². The molecule has 1 rings (SSSR count). The van der Waals surface area contributed by atoms with E-state index in [4.69, 9.17) is 5.11 Å². The van der Waals surface area contributed by atoms with Gasteiger partial charge >= 0.3 is 12.1 Å². The highest BCUT2D eigenvalue weighted by Crippen LogP contribution is 2.31. The van der Waals surface area contributed by atoms with Crippen LogP contribution in [0.1, 0.15) is 30.4 Å². The van der Waals surface area contributed by atoms with E-state index in [-0.39, 0.29) is 24.9 Å². The van der Waals surface area contributed by atoms with Crippen LogP contribution in [-0.4, -0.2) is 23.5 Å². The van der Waals surface area contributed by atoms with Gasteiger partial charge in [-0.15, -0.1) is 0 Å². The lowest BCUT2D eigenvalue weighted by Crippen LogP contribution is -2.27. The number of rotatable bonds is 7. The summed E-state index contributed by atoms with van der Waals surface area (Å²) in [6.45, 7) is 0.250. The zero-order valence-corrected chi connectivity index (χ0v) is 11.2. The van der Waals surface area contributed by atoms with Crippen LogP contribution in [0.3, 0.4) is 0 Å². The molecule has 0 unspecified atom stereocenters. The number of carboxylic acid groups (broad SMARTS) is 1. The summed E-state index contributed by atoms with van der Waals surface area (Å²) in [6, 6.07) is 4.93. The van der Waals surface area contributed by atoms with Crippen molar-refractivity contribution in [2.24, 2.45) is 0 Å². The molecule has 0 radical (unpaired) electrons. The first kappa shape index (κ1) is 17.0. The van der Waals surface area contributed by atoms with E-state index in [9.17, 15) is 22.8 Å². The van der Waals surface area contributed by atoms with Crippen molar-refractivity contribution >= 4 is 11.9 Å². The molecule has 4 nitrogen and oxygen atoms in total. The van der Waals surface area contributed by atoms with Crippen molar-refractivity contribution < 1.29 is 27.9 Å². The van der Waals surface area contributed by atoms with Crippen molar-refractivity contribution in [2.75, 3.05) is 6.54 Å². The molecule has 21 heavy (non-hydrogen) atoms. The summed E-state index contributed by atoms with van der Waals surface area (Å²) in [6.07, 6.45) is -3.95. The molecule has 0 fully saturated rings. The van der Waals surface area contributed by atoms with Crippen LogP contribution >= 0.6 is 0 Å². The summed E-state index contributed by atoms with van der Waals surface area (Å²) in [5.41, 5.74) is -0.890. The highest BCUT2D eigenvalue weighted by molar-refractivity contribution is 5.79. The van der Waals surface area contributed by atoms with Gasteiger partial charge in [0.1, 0.15) is 0 Å². The van der Waals surface area contributed by atoms with Gasteiger partial charge in [0, 0.05) is 13.0 Å². The van der Waals surface area contributed by atoms with Crippen molar-refractivity contribution in [3.05, 3.63) is 35.4 Å². The third-order valence-electron chi connectivity index (χ3n) is 2.81. The van der Waals surface area contributed by atoms with Crippen LogP contribution in [0.25, 0.3) is 0 Å². The maximum Gasteiger partial charge on any atom is 0.416 e. The number of carbonyl (C=O) groups is 2. The number of alkyl halides is 3. The highest BCUT2D eigenvalue weighted by Gasteiger charge is 2.33. The van der Waals surface area contributed by atoms with Crippen LogP contribution in [0.4, 0.5) is 13.2 Å². The van der Waals surface area contributed by atoms with E-state index >= 15 is 0 Å². The molecule has 2 N–H and O–H groups in total. The van der Waals surface area contributed by atoms with E-state index in [0.717, 1.165) is 6.07 Å². The Morgan fingerprint density at radius 1 is 1.14 bits per heavy atom. The molecular formula is C14H16F3NO3. The number of halogens is 3. The molecule has 0 saturated heterocycles. The fraction of sp³-hybridized carbons (Fsp3) is 0.429. The minimum Gasteiger partial charge on any atom is -0.481 e. The zero-order chi connectivity index (χ0) is 15.9. The van der Waals surface area contributed by atoms with Crippen LogP contribution < -0.4 is 5.32 Å². The van der Waals surface area contributed by atoms with Crippen molar-refractivity contribution in [3.63, 3.8) is 0 Å². The predicted molar refractivity (Wildman–Crippen MR) is 69.6 cm³/mol. The average molecular weight is 303 g/mol. The topological polar surface area (TPSA) is 66.4 Å². The van der Waals surface area contributed by atoms with Gasteiger partial charge in [0.25, 0.3) is 0 Å². The van der Waals surface area contributed by atoms with E-state index < -0.39 is 23.6 Å². The van der Waals surface area contributed by atoms with Gasteiger partial charge in [-0.3, -0.25) is 9.59 Å². The average Bonchev–Trinajstić information content (AvgIpc) is 2.37. The summed E-state index contributed by atoms with van der Waals surface area (Å²) in [5, 5.41) is 10.9. The fourth-order valence-electron chi connectivity index (χ4n) is 1.82. The molecular weight excluding hydrogens is 287 g/mol. The smallest absolute Gasteiger partial charge is 0.416 e. The largest absolute Gasteiger partial charge is 0.481 e. The number of unbranched alkanes of at least 4 members (excludes halogenated alkanes) is 1. The van der Waals surface area contributed by atoms with E-state index in [1.54, 1.807) is 0 Å². The van der Waals surface area contributed by atoms with E-state index in [1.807, 2.05) is 0 Å². The molecule has 0 atom stereocenters. The van der Waals surface area contributed by atoms with Crippen LogP contribution in [0, 0.1) is 0 Å². The molecule has 0 heterocycles. The Morgan fingerprint density at radius 3 is 2.43 bits per heavy atom. The Hall–Kier alpha value is -2.05. The molecule has 0 spiro atoms. The van der Waals surface area contributed by atoms with Crippen molar-refractivity contribution in [3.8, 4) is 0 Å². The number of nitrogens with one attached hydrogen (secondary N) is 1. The van der Waals surface area contributed by atoms with Crippen molar-refractivity contribution in [1.82, 2.24) is 5.32 Å². The van der Waals surface area contributed by atoms with Gasteiger partial charge in [0.2, 0.25) is 5.91 Å². The minimum atomic E-state index is -4.49. The molecule has 116 valence electrons. The zero-order valence-electron chi connectivity index (χ0n) is 11.2. The third kappa shape index (κ3) is 6.29. The number of aliphatic carboxylic acids is 1. The van der Waals surface area contributed by atoms with E-state index in [2.05, 4.69) is 5.32 Å². The number of carboxylic acids is 1. The van der Waals surface area contributed by atoms with Crippen molar-refractivity contribution in [1.29, 1.82) is 0 Å². The number of hydrogen-bond acceptors (Lipinski definition) is 2. The Morgan fingerprint density at radius 2 is 1.81 bits per heavy atom. The minimum absolute atomic E-state index is 0.00672. The molecule has 7 heteroatoms. The standard InChI is InChI=1S/C14H16F3NO3/c15-14(16,17)11-6-2-1-5-10(11)9-12(19)18-8-4-3-7-13(20)21/h1-2,5-6H,3-4,7-9H2,(H,18,19)(H,20,21). The molecule has 0 aliphatic rings. The molecule has 0 aromatic heterocycles. The molecule has 1 amide bonds. The van der Waals surface area contributed by atoms with Crippen LogP contribution in [0.5, 0.6) is 0 Å². The highest BCUT2D eigenvalue weighted by atomic mass is 19.4. The van der Waals surface area contributed by atoms with Crippen LogP contribution in [0.2, 0.25) is 0 Å². The van der Waals surface area contributed by atoms with E-state index in [0.29, 0.717) is 12.8 Å². The Balaban J connectivity index is 2.47. The molecule has 1 aromatic rings. The normalized spacial score (nSPS) is 11.2. The van der Waals surface area contributed by atoms with Gasteiger partial charge in [-0.1, -0.05) is 18.2 Å². The first-order valence-electron chi connectivity index (χ1n) is 6.44. The maximum atomic E-state index is 12.7. The summed E-state index contributed by atoms with van der Waals surface area (Å²) in [5.74, 6) is -1.43.